The van der Waals surface area contributed by atoms with E-state index in [1.54, 1.807) is 18.2 Å². The Morgan fingerprint density at radius 2 is 1.95 bits per heavy atom. The van der Waals surface area contributed by atoms with Gasteiger partial charge in [-0.25, -0.2) is 4.79 Å². The Bertz CT molecular complexity index is 629. The Balaban J connectivity index is 1.79. The summed E-state index contributed by atoms with van der Waals surface area (Å²) in [6.45, 7) is -0.132. The zero-order valence-electron chi connectivity index (χ0n) is 11.8. The monoisotopic (exact) mass is 342 g/mol. The topological polar surface area (TPSA) is 69.6 Å². The lowest BCUT2D eigenvalue weighted by atomic mass is 9.98. The van der Waals surface area contributed by atoms with Gasteiger partial charge in [0.05, 0.1) is 12.6 Å². The highest BCUT2D eigenvalue weighted by Gasteiger charge is 2.52. The number of nitrogens with zero attached hydrogens (tertiary/aromatic N) is 1. The molecule has 1 aromatic carbocycles. The number of imide groups is 1. The predicted octanol–water partition coefficient (Wildman–Crippen LogP) is 2.89. The van der Waals surface area contributed by atoms with Crippen molar-refractivity contribution in [2.24, 2.45) is 0 Å². The summed E-state index contributed by atoms with van der Waals surface area (Å²) >= 11 is 12.0. The Kier molecular flexibility index (Phi) is 4.05. The number of nitrogens with one attached hydrogen (secondary N) is 1. The maximum absolute atomic E-state index is 12.5. The number of halogens is 2. The molecule has 0 aromatic heterocycles. The molecule has 118 valence electrons. The van der Waals surface area contributed by atoms with Crippen LogP contribution in [0.1, 0.15) is 37.4 Å². The summed E-state index contributed by atoms with van der Waals surface area (Å²) in [5.41, 5.74) is -0.364. The van der Waals surface area contributed by atoms with Gasteiger partial charge in [0.15, 0.2) is 0 Å². The van der Waals surface area contributed by atoms with Crippen molar-refractivity contribution in [1.82, 2.24) is 10.2 Å². The van der Waals surface area contributed by atoms with E-state index in [2.05, 4.69) is 5.32 Å². The molecule has 2 fully saturated rings. The van der Waals surface area contributed by atoms with Gasteiger partial charge in [-0.15, -0.1) is 0 Å². The molecule has 2 aliphatic rings. The van der Waals surface area contributed by atoms with Gasteiger partial charge in [0.25, 0.3) is 5.91 Å². The predicted molar refractivity (Wildman–Crippen MR) is 82.9 cm³/mol. The summed E-state index contributed by atoms with van der Waals surface area (Å²) in [7, 11) is 0. The number of rotatable bonds is 3. The molecule has 1 aliphatic carbocycles. The first-order chi connectivity index (χ1) is 10.4. The van der Waals surface area contributed by atoms with Crippen molar-refractivity contribution in [3.05, 3.63) is 33.8 Å². The molecule has 0 bridgehead atoms. The van der Waals surface area contributed by atoms with Crippen LogP contribution in [-0.2, 0) is 4.79 Å². The van der Waals surface area contributed by atoms with Crippen molar-refractivity contribution in [2.45, 2.75) is 37.3 Å². The fourth-order valence-corrected chi connectivity index (χ4v) is 3.62. The summed E-state index contributed by atoms with van der Waals surface area (Å²) in [5.74, 6) is -0.257. The highest BCUT2D eigenvalue weighted by Crippen LogP contribution is 2.36. The molecule has 22 heavy (non-hydrogen) atoms. The molecular weight excluding hydrogens is 327 g/mol. The van der Waals surface area contributed by atoms with Gasteiger partial charge in [0.2, 0.25) is 0 Å². The maximum Gasteiger partial charge on any atom is 0.325 e. The smallest absolute Gasteiger partial charge is 0.325 e. The standard InChI is InChI=1S/C15H16Cl2N2O3/c16-9-3-4-11(17)10(7-9)12(20)8-19-13(21)15(18-14(19)22)5-1-2-6-15/h3-4,7,12,20H,1-2,5-6,8H2,(H,18,22)/t12-/m1/s1. The van der Waals surface area contributed by atoms with E-state index in [9.17, 15) is 14.7 Å². The first kappa shape index (κ1) is 15.6. The van der Waals surface area contributed by atoms with Crippen molar-refractivity contribution in [3.8, 4) is 0 Å². The third kappa shape index (κ3) is 2.57. The van der Waals surface area contributed by atoms with E-state index in [4.69, 9.17) is 23.2 Å². The molecule has 1 atom stereocenters. The first-order valence-corrected chi connectivity index (χ1v) is 7.96. The van der Waals surface area contributed by atoms with Crippen LogP contribution in [0.3, 0.4) is 0 Å². The summed E-state index contributed by atoms with van der Waals surface area (Å²) in [6.07, 6.45) is 2.08. The van der Waals surface area contributed by atoms with Crippen molar-refractivity contribution in [3.63, 3.8) is 0 Å². The summed E-state index contributed by atoms with van der Waals surface area (Å²) in [5, 5.41) is 13.9. The second kappa shape index (κ2) is 5.72. The molecule has 1 saturated carbocycles. The molecule has 1 saturated heterocycles. The highest BCUT2D eigenvalue weighted by atomic mass is 35.5. The lowest BCUT2D eigenvalue weighted by Gasteiger charge is -2.22. The average molecular weight is 343 g/mol. The van der Waals surface area contributed by atoms with E-state index in [1.807, 2.05) is 0 Å². The van der Waals surface area contributed by atoms with Crippen molar-refractivity contribution in [2.75, 3.05) is 6.54 Å². The molecule has 1 spiro atoms. The van der Waals surface area contributed by atoms with Gasteiger partial charge >= 0.3 is 6.03 Å². The third-order valence-electron chi connectivity index (χ3n) is 4.38. The van der Waals surface area contributed by atoms with Crippen LogP contribution in [0.4, 0.5) is 4.79 Å². The maximum atomic E-state index is 12.5. The van der Waals surface area contributed by atoms with E-state index < -0.39 is 17.7 Å². The average Bonchev–Trinajstić information content (AvgIpc) is 3.03. The quantitative estimate of drug-likeness (QED) is 0.829. The summed E-state index contributed by atoms with van der Waals surface area (Å²) < 4.78 is 0. The third-order valence-corrected chi connectivity index (χ3v) is 4.95. The van der Waals surface area contributed by atoms with Crippen LogP contribution in [0.5, 0.6) is 0 Å². The molecule has 5 nitrogen and oxygen atoms in total. The van der Waals surface area contributed by atoms with E-state index in [0.717, 1.165) is 17.7 Å². The fourth-order valence-electron chi connectivity index (χ4n) is 3.20. The Hall–Kier alpha value is -1.30. The van der Waals surface area contributed by atoms with Gasteiger partial charge in [-0.3, -0.25) is 9.69 Å². The van der Waals surface area contributed by atoms with Crippen molar-refractivity contribution in [1.29, 1.82) is 0 Å². The number of β-amino-alcohol motifs (C(OH)–C–C–N with tert-alkyl or cyclic N) is 1. The minimum absolute atomic E-state index is 0.132. The van der Waals surface area contributed by atoms with E-state index in [1.165, 1.54) is 0 Å². The van der Waals surface area contributed by atoms with Crippen LogP contribution in [0.25, 0.3) is 0 Å². The number of carbonyl (C=O) groups is 2. The number of carbonyl (C=O) groups excluding carboxylic acids is 2. The summed E-state index contributed by atoms with van der Waals surface area (Å²) in [4.78, 5) is 25.7. The number of amides is 3. The SMILES string of the molecule is O=C1NC2(CCCC2)C(=O)N1C[C@@H](O)c1cc(Cl)ccc1Cl. The molecule has 1 aromatic rings. The lowest BCUT2D eigenvalue weighted by Crippen LogP contribution is -2.44. The Labute approximate surface area is 138 Å². The van der Waals surface area contributed by atoms with Crippen LogP contribution in [0.2, 0.25) is 10.0 Å². The van der Waals surface area contributed by atoms with Gasteiger partial charge in [-0.2, -0.15) is 0 Å². The van der Waals surface area contributed by atoms with E-state index in [0.29, 0.717) is 28.5 Å². The molecule has 7 heteroatoms. The Morgan fingerprint density at radius 1 is 1.27 bits per heavy atom. The highest BCUT2D eigenvalue weighted by molar-refractivity contribution is 6.33. The molecule has 1 heterocycles. The molecule has 1 aliphatic heterocycles. The molecule has 3 amide bonds. The van der Waals surface area contributed by atoms with Gasteiger partial charge in [0, 0.05) is 15.6 Å². The van der Waals surface area contributed by atoms with Gasteiger partial charge in [-0.1, -0.05) is 36.0 Å². The van der Waals surface area contributed by atoms with Crippen molar-refractivity contribution < 1.29 is 14.7 Å². The van der Waals surface area contributed by atoms with Gasteiger partial charge in [-0.05, 0) is 31.0 Å². The van der Waals surface area contributed by atoms with Crippen LogP contribution in [-0.4, -0.2) is 34.0 Å². The van der Waals surface area contributed by atoms with Crippen molar-refractivity contribution >= 4 is 35.1 Å². The Morgan fingerprint density at radius 3 is 2.64 bits per heavy atom. The van der Waals surface area contributed by atoms with Crippen LogP contribution in [0.15, 0.2) is 18.2 Å². The van der Waals surface area contributed by atoms with E-state index in [-0.39, 0.29) is 12.5 Å². The second-order valence-electron chi connectivity index (χ2n) is 5.82. The largest absolute Gasteiger partial charge is 0.386 e. The number of hydrogen-bond acceptors (Lipinski definition) is 3. The fraction of sp³-hybridized carbons (Fsp3) is 0.467. The molecule has 0 unspecified atom stereocenters. The number of aliphatic hydroxyl groups is 1. The minimum atomic E-state index is -1.07. The number of aliphatic hydroxyl groups excluding tert-OH is 1. The van der Waals surface area contributed by atoms with Crippen LogP contribution >= 0.6 is 23.2 Å². The first-order valence-electron chi connectivity index (χ1n) is 7.20. The normalized spacial score (nSPS) is 21.5. The number of hydrogen-bond donors (Lipinski definition) is 2. The number of benzene rings is 1. The molecular formula is C15H16Cl2N2O3. The minimum Gasteiger partial charge on any atom is -0.386 e. The zero-order valence-corrected chi connectivity index (χ0v) is 13.3. The van der Waals surface area contributed by atoms with Gasteiger partial charge in [0.1, 0.15) is 5.54 Å². The summed E-state index contributed by atoms with van der Waals surface area (Å²) in [6, 6.07) is 4.27. The second-order valence-corrected chi connectivity index (χ2v) is 6.66. The zero-order chi connectivity index (χ0) is 15.9. The van der Waals surface area contributed by atoms with E-state index >= 15 is 0 Å². The molecule has 2 N–H and O–H groups in total. The lowest BCUT2D eigenvalue weighted by molar-refractivity contribution is -0.132. The van der Waals surface area contributed by atoms with Crippen LogP contribution in [0, 0.1) is 0 Å². The number of urea groups is 1. The molecule has 3 rings (SSSR count). The van der Waals surface area contributed by atoms with Gasteiger partial charge < -0.3 is 10.4 Å². The van der Waals surface area contributed by atoms with Crippen LogP contribution < -0.4 is 5.32 Å². The molecule has 0 radical (unpaired) electrons.